The number of aliphatic hydroxyl groups is 1. The average molecular weight is 1050 g/mol. The van der Waals surface area contributed by atoms with Crippen molar-refractivity contribution in [2.75, 3.05) is 13.2 Å². The first-order chi connectivity index (χ1) is 37.6. The monoisotopic (exact) mass is 1050 g/mol. The van der Waals surface area contributed by atoms with Gasteiger partial charge in [0.15, 0.2) is 6.10 Å². The van der Waals surface area contributed by atoms with Crippen LogP contribution in [-0.2, 0) is 19.1 Å². The van der Waals surface area contributed by atoms with Crippen molar-refractivity contribution < 1.29 is 24.2 Å². The van der Waals surface area contributed by atoms with Crippen LogP contribution in [0.4, 0.5) is 0 Å². The van der Waals surface area contributed by atoms with E-state index in [0.717, 1.165) is 128 Å². The van der Waals surface area contributed by atoms with Crippen LogP contribution < -0.4 is 0 Å². The van der Waals surface area contributed by atoms with Crippen molar-refractivity contribution in [3.63, 3.8) is 0 Å². The first-order valence-electron chi connectivity index (χ1n) is 31.0. The van der Waals surface area contributed by atoms with E-state index in [0.29, 0.717) is 12.8 Å². The lowest BCUT2D eigenvalue weighted by Gasteiger charge is -2.15. The van der Waals surface area contributed by atoms with E-state index < -0.39 is 6.10 Å². The van der Waals surface area contributed by atoms with Crippen molar-refractivity contribution >= 4 is 11.9 Å². The van der Waals surface area contributed by atoms with Crippen molar-refractivity contribution in [3.8, 4) is 0 Å². The summed E-state index contributed by atoms with van der Waals surface area (Å²) in [6.07, 6.45) is 99.4. The molecule has 0 aromatic heterocycles. The Balaban J connectivity index is 3.56. The van der Waals surface area contributed by atoms with Crippen molar-refractivity contribution in [2.24, 2.45) is 0 Å². The van der Waals surface area contributed by atoms with E-state index in [4.69, 9.17) is 9.47 Å². The third kappa shape index (κ3) is 62.1. The minimum Gasteiger partial charge on any atom is -0.462 e. The lowest BCUT2D eigenvalue weighted by atomic mass is 10.0. The predicted molar refractivity (Wildman–Crippen MR) is 334 cm³/mol. The van der Waals surface area contributed by atoms with Gasteiger partial charge in [-0.1, -0.05) is 281 Å². The fraction of sp³-hybridized carbons (Fsp3) is 0.606. The lowest BCUT2D eigenvalue weighted by molar-refractivity contribution is -0.161. The third-order valence-corrected chi connectivity index (χ3v) is 12.8. The highest BCUT2D eigenvalue weighted by Gasteiger charge is 2.16. The summed E-state index contributed by atoms with van der Waals surface area (Å²) in [6.45, 7) is 3.91. The fourth-order valence-corrected chi connectivity index (χ4v) is 8.25. The maximum absolute atomic E-state index is 12.3. The summed E-state index contributed by atoms with van der Waals surface area (Å²) in [6, 6.07) is 0. The van der Waals surface area contributed by atoms with Gasteiger partial charge < -0.3 is 14.6 Å². The molecule has 0 aliphatic carbocycles. The summed E-state index contributed by atoms with van der Waals surface area (Å²) in [5.74, 6) is -0.607. The van der Waals surface area contributed by atoms with Gasteiger partial charge in [-0.2, -0.15) is 0 Å². The molecular weight excluding hydrogens is 933 g/mol. The second-order valence-corrected chi connectivity index (χ2v) is 20.0. The molecule has 0 amide bonds. The quantitative estimate of drug-likeness (QED) is 0.0373. The zero-order valence-corrected chi connectivity index (χ0v) is 49.0. The number of unbranched alkanes of at least 4 members (excludes halogenated alkanes) is 21. The number of ether oxygens (including phenoxy) is 2. The first kappa shape index (κ1) is 71.5. The highest BCUT2D eigenvalue weighted by atomic mass is 16.6. The van der Waals surface area contributed by atoms with E-state index in [9.17, 15) is 14.7 Å². The Kier molecular flexibility index (Phi) is 61.0. The van der Waals surface area contributed by atoms with Crippen LogP contribution in [0.25, 0.3) is 0 Å². The number of rotatable bonds is 55. The van der Waals surface area contributed by atoms with Gasteiger partial charge in [0.05, 0.1) is 6.61 Å². The molecule has 0 fully saturated rings. The smallest absolute Gasteiger partial charge is 0.306 e. The standard InChI is InChI=1S/C71H114O5/c1-3-5-7-9-11-13-15-17-19-21-23-25-27-29-31-32-33-34-35-36-37-38-40-42-44-46-48-50-52-54-56-58-60-62-64-66-71(74)76-69(67-72)68-75-70(73)65-63-61-59-57-55-53-51-49-47-45-43-41-39-30-28-26-24-22-20-18-16-14-12-10-8-6-4-2/h5-8,11-14,17-20,23-26,29-31,33-34,36-37,39,43,45,69,72H,3-4,9-10,15-16,21-22,27-28,32,35,38,40-42,44,46-68H2,1-2H3/b7-5-,8-6-,13-11-,14-12-,19-17-,20-18-,25-23-,26-24-,31-29-,34-33-,37-36-,39-30-,45-43-. The fourth-order valence-electron chi connectivity index (χ4n) is 8.25. The van der Waals surface area contributed by atoms with Crippen LogP contribution in [0.1, 0.15) is 258 Å². The summed E-state index contributed by atoms with van der Waals surface area (Å²) in [5.41, 5.74) is 0. The molecule has 0 rings (SSSR count). The van der Waals surface area contributed by atoms with E-state index in [1.807, 2.05) is 0 Å². The number of hydrogen-bond acceptors (Lipinski definition) is 5. The third-order valence-electron chi connectivity index (χ3n) is 12.8. The van der Waals surface area contributed by atoms with Gasteiger partial charge >= 0.3 is 11.9 Å². The van der Waals surface area contributed by atoms with Crippen LogP contribution in [0, 0.1) is 0 Å². The Labute approximate surface area is 469 Å². The number of carbonyl (C=O) groups excluding carboxylic acids is 2. The van der Waals surface area contributed by atoms with Gasteiger partial charge in [-0.25, -0.2) is 0 Å². The molecule has 5 heteroatoms. The van der Waals surface area contributed by atoms with Gasteiger partial charge in [0, 0.05) is 12.8 Å². The van der Waals surface area contributed by atoms with E-state index in [1.165, 1.54) is 103 Å². The normalized spacial score (nSPS) is 13.4. The highest BCUT2D eigenvalue weighted by molar-refractivity contribution is 5.70. The van der Waals surface area contributed by atoms with Crippen LogP contribution in [0.3, 0.4) is 0 Å². The summed E-state index contributed by atoms with van der Waals surface area (Å²) >= 11 is 0. The SMILES string of the molecule is CC/C=C\C/C=C\C/C=C\C/C=C\C/C=C\C/C=C\C/C=C\CCCCCCCCCCCCCCCC(=O)OC(CO)COC(=O)CCCCCCCCCC/C=C\C/C=C\C/C=C\C/C=C\C/C=C\C/C=C\CC. The van der Waals surface area contributed by atoms with Gasteiger partial charge in [0.25, 0.3) is 0 Å². The minimum absolute atomic E-state index is 0.0793. The van der Waals surface area contributed by atoms with Gasteiger partial charge in [0.2, 0.25) is 0 Å². The molecule has 0 aliphatic heterocycles. The molecule has 0 bridgehead atoms. The molecule has 428 valence electrons. The van der Waals surface area contributed by atoms with E-state index in [-0.39, 0.29) is 25.2 Å². The molecule has 1 unspecified atom stereocenters. The van der Waals surface area contributed by atoms with Crippen molar-refractivity contribution in [3.05, 3.63) is 158 Å². The summed E-state index contributed by atoms with van der Waals surface area (Å²) in [5, 5.41) is 9.68. The van der Waals surface area contributed by atoms with Crippen molar-refractivity contribution in [2.45, 2.75) is 264 Å². The van der Waals surface area contributed by atoms with Gasteiger partial charge in [-0.05, 0) is 122 Å². The predicted octanol–water partition coefficient (Wildman–Crippen LogP) is 21.5. The lowest BCUT2D eigenvalue weighted by Crippen LogP contribution is -2.28. The minimum atomic E-state index is -0.789. The van der Waals surface area contributed by atoms with Gasteiger partial charge in [0.1, 0.15) is 6.61 Å². The maximum Gasteiger partial charge on any atom is 0.306 e. The summed E-state index contributed by atoms with van der Waals surface area (Å²) in [7, 11) is 0. The molecule has 0 aromatic carbocycles. The highest BCUT2D eigenvalue weighted by Crippen LogP contribution is 2.15. The summed E-state index contributed by atoms with van der Waals surface area (Å²) < 4.78 is 10.7. The molecule has 0 saturated heterocycles. The average Bonchev–Trinajstić information content (AvgIpc) is 3.42. The maximum atomic E-state index is 12.3. The number of esters is 2. The second-order valence-electron chi connectivity index (χ2n) is 20.0. The van der Waals surface area contributed by atoms with Crippen LogP contribution in [0.2, 0.25) is 0 Å². The summed E-state index contributed by atoms with van der Waals surface area (Å²) in [4.78, 5) is 24.6. The van der Waals surface area contributed by atoms with Gasteiger partial charge in [-0.15, -0.1) is 0 Å². The van der Waals surface area contributed by atoms with Crippen LogP contribution >= 0.6 is 0 Å². The zero-order chi connectivity index (χ0) is 54.8. The van der Waals surface area contributed by atoms with Gasteiger partial charge in [-0.3, -0.25) is 9.59 Å². The molecule has 76 heavy (non-hydrogen) atoms. The number of hydrogen-bond donors (Lipinski definition) is 1. The molecule has 0 saturated carbocycles. The number of aliphatic hydroxyl groups excluding tert-OH is 1. The molecule has 0 aromatic rings. The Morgan fingerprint density at radius 3 is 0.789 bits per heavy atom. The molecule has 5 nitrogen and oxygen atoms in total. The number of allylic oxidation sites excluding steroid dienone is 26. The Morgan fingerprint density at radius 1 is 0.303 bits per heavy atom. The Hall–Kier alpha value is -4.48. The van der Waals surface area contributed by atoms with E-state index in [1.54, 1.807) is 0 Å². The van der Waals surface area contributed by atoms with Crippen molar-refractivity contribution in [1.82, 2.24) is 0 Å². The Morgan fingerprint density at radius 2 is 0.526 bits per heavy atom. The first-order valence-corrected chi connectivity index (χ1v) is 31.0. The topological polar surface area (TPSA) is 72.8 Å². The Bertz CT molecular complexity index is 1660. The van der Waals surface area contributed by atoms with E-state index in [2.05, 4.69) is 172 Å². The number of carbonyl (C=O) groups is 2. The molecule has 0 aliphatic rings. The van der Waals surface area contributed by atoms with Crippen molar-refractivity contribution in [1.29, 1.82) is 0 Å². The van der Waals surface area contributed by atoms with Crippen LogP contribution in [-0.4, -0.2) is 36.4 Å². The van der Waals surface area contributed by atoms with Crippen LogP contribution in [0.5, 0.6) is 0 Å². The van der Waals surface area contributed by atoms with E-state index >= 15 is 0 Å². The molecule has 0 heterocycles. The molecular formula is C71H114O5. The molecule has 0 spiro atoms. The molecule has 1 atom stereocenters. The largest absolute Gasteiger partial charge is 0.462 e. The second kappa shape index (κ2) is 64.8. The zero-order valence-electron chi connectivity index (χ0n) is 49.0. The van der Waals surface area contributed by atoms with Crippen LogP contribution in [0.15, 0.2) is 158 Å². The molecule has 0 radical (unpaired) electrons. The molecule has 1 N–H and O–H groups in total.